The van der Waals surface area contributed by atoms with Gasteiger partial charge in [-0.3, -0.25) is 38.8 Å². The molecule has 24 heteroatoms. The maximum absolute atomic E-state index is 13.5. The lowest BCUT2D eigenvalue weighted by molar-refractivity contribution is -0.161. The van der Waals surface area contributed by atoms with Gasteiger partial charge in [0.25, 0.3) is 0 Å². The van der Waals surface area contributed by atoms with Crippen LogP contribution >= 0.6 is 0 Å². The number of piperidine rings is 4. The Morgan fingerprint density at radius 3 is 0.992 bits per heavy atom. The van der Waals surface area contributed by atoms with Crippen LogP contribution in [0.2, 0.25) is 0 Å². The van der Waals surface area contributed by atoms with Gasteiger partial charge in [0, 0.05) is 164 Å². The Morgan fingerprint density at radius 1 is 0.375 bits per heavy atom. The monoisotopic (exact) mass is 1720 g/mol. The lowest BCUT2D eigenvalue weighted by Crippen LogP contribution is -2.51. The van der Waals surface area contributed by atoms with Crippen molar-refractivity contribution in [2.75, 3.05) is 109 Å². The summed E-state index contributed by atoms with van der Waals surface area (Å²) in [6.07, 6.45) is -3.66. The number of nitrogens with zero attached hydrogens (tertiary/aromatic N) is 4. The van der Waals surface area contributed by atoms with Crippen LogP contribution in [0.5, 0.6) is 46.0 Å². The Balaban J connectivity index is 0.000000243. The first-order valence-corrected chi connectivity index (χ1v) is 40.3. The highest BCUT2D eigenvalue weighted by atomic mass is 16.6. The molecule has 4 saturated heterocycles. The molecule has 0 aromatic heterocycles. The van der Waals surface area contributed by atoms with Crippen LogP contribution in [0, 0.1) is 70.9 Å². The first-order chi connectivity index (χ1) is 74.9. The van der Waals surface area contributed by atoms with Crippen molar-refractivity contribution in [3.8, 4) is 46.0 Å². The molecule has 0 radical (unpaired) electrons. The van der Waals surface area contributed by atoms with Gasteiger partial charge in [-0.2, -0.15) is 0 Å². The molecule has 8 aliphatic heterocycles. The molecule has 24 nitrogen and oxygen atoms in total. The summed E-state index contributed by atoms with van der Waals surface area (Å²) in [5, 5.41) is 0. The van der Waals surface area contributed by atoms with Crippen LogP contribution in [0.4, 0.5) is 0 Å². The third-order valence-electron chi connectivity index (χ3n) is 22.8. The largest absolute Gasteiger partial charge is 0.493 e. The molecule has 0 amide bonds. The second-order valence-electron chi connectivity index (χ2n) is 32.8. The Labute approximate surface area is 783 Å². The molecule has 4 aromatic carbocycles. The van der Waals surface area contributed by atoms with Crippen LogP contribution < -0.4 is 60.8 Å². The van der Waals surface area contributed by atoms with Gasteiger partial charge in [0.05, 0.1) is 81.4 Å². The molecule has 8 N–H and O–H groups in total. The average molecular weight is 1720 g/mol. The number of carbonyl (C=O) groups is 4. The molecule has 0 spiro atoms. The molecule has 0 bridgehead atoms. The minimum atomic E-state index is -3.81. The van der Waals surface area contributed by atoms with Crippen LogP contribution in [-0.2, 0) is 63.8 Å². The van der Waals surface area contributed by atoms with Crippen molar-refractivity contribution in [2.24, 2.45) is 93.9 Å². The Kier molecular flexibility index (Phi) is 18.6. The normalized spacial score (nSPS) is 35.4. The van der Waals surface area contributed by atoms with Crippen molar-refractivity contribution >= 4 is 23.9 Å². The van der Waals surface area contributed by atoms with Gasteiger partial charge in [0.2, 0.25) is 0 Å². The van der Waals surface area contributed by atoms with E-state index in [9.17, 15) is 24.7 Å². The predicted molar refractivity (Wildman–Crippen MR) is 471 cm³/mol. The topological polar surface area (TPSA) is 296 Å². The molecule has 120 heavy (non-hydrogen) atoms. The van der Waals surface area contributed by atoms with E-state index in [4.69, 9.17) is 137 Å². The summed E-state index contributed by atoms with van der Waals surface area (Å²) in [7, 11) is 2.55. The van der Waals surface area contributed by atoms with Crippen LogP contribution in [0.15, 0.2) is 48.4 Å². The number of nitrogens with two attached hydrogens (primary N) is 4. The smallest absolute Gasteiger partial charge is 0.323 e. The molecular weight excluding hydrogens is 1520 g/mol. The van der Waals surface area contributed by atoms with E-state index in [1.165, 1.54) is 54.8 Å². The fourth-order valence-corrected chi connectivity index (χ4v) is 17.2. The zero-order valence-corrected chi connectivity index (χ0v) is 71.0. The van der Waals surface area contributed by atoms with E-state index in [2.05, 4.69) is 4.90 Å². The molecular formula is C96H152N8O16. The van der Waals surface area contributed by atoms with Crippen molar-refractivity contribution in [1.82, 2.24) is 19.6 Å². The van der Waals surface area contributed by atoms with E-state index in [1.54, 1.807) is 17.0 Å². The first-order valence-electron chi connectivity index (χ1n) is 63.3. The molecule has 8 aliphatic rings. The summed E-state index contributed by atoms with van der Waals surface area (Å²) in [6, 6.07) is -12.7. The Bertz CT molecular complexity index is 6060. The second kappa shape index (κ2) is 43.9. The second-order valence-corrected chi connectivity index (χ2v) is 32.8. The molecule has 4 fully saturated rings. The van der Waals surface area contributed by atoms with Gasteiger partial charge in [0.1, 0.15) is 48.4 Å². The van der Waals surface area contributed by atoms with E-state index < -0.39 is 214 Å². The molecule has 12 rings (SSSR count). The van der Waals surface area contributed by atoms with E-state index in [0.29, 0.717) is 141 Å². The molecule has 12 unspecified atom stereocenters. The zero-order chi connectivity index (χ0) is 128. The van der Waals surface area contributed by atoms with Gasteiger partial charge >= 0.3 is 23.9 Å². The number of carbonyl (C=O) groups excluding carboxylic acids is 4. The van der Waals surface area contributed by atoms with Crippen molar-refractivity contribution in [3.05, 3.63) is 92.9 Å². The minimum absolute atomic E-state index is 0.00664. The van der Waals surface area contributed by atoms with Gasteiger partial charge in [-0.15, -0.1) is 0 Å². The van der Waals surface area contributed by atoms with Gasteiger partial charge in [-0.25, -0.2) is 0 Å². The third kappa shape index (κ3) is 23.8. The zero-order valence-electron chi connectivity index (χ0n) is 117. The van der Waals surface area contributed by atoms with E-state index >= 15 is 0 Å². The maximum atomic E-state index is 13.5. The number of hydrogen-bond acceptors (Lipinski definition) is 24. The molecule has 0 saturated carbocycles. The summed E-state index contributed by atoms with van der Waals surface area (Å²) in [5.74, 6) is -23.3. The summed E-state index contributed by atoms with van der Waals surface area (Å²) < 4.78 is 433. The number of hydrogen-bond donors (Lipinski definition) is 4. The van der Waals surface area contributed by atoms with Crippen molar-refractivity contribution < 1.29 is 139 Å². The van der Waals surface area contributed by atoms with Gasteiger partial charge in [-0.05, 0) is 192 Å². The third-order valence-corrected chi connectivity index (χ3v) is 22.8. The number of ether oxygens (including phenoxy) is 12. The minimum Gasteiger partial charge on any atom is -0.493 e. The molecule has 672 valence electrons. The number of methoxy groups -OCH3 is 8. The Hall–Kier alpha value is -7.16. The SMILES string of the molecule is [2H]C([2H])([2H])Oc1cc2c(cc1OC)C1([2H])CC([2H])(OC(=O)[C@@]([2H])(N)C([2H])(C([2H])([2H])[2H])C([2H])([2H])[2H])C(CC(C)C)CN1CC2.[2H]C1(OC(=O)[C@@]([2H])(N)C([2H])(C([2H])([2H])[2H])C([2H])([2H])[2H])CC2([2H])c3cc(OC)c(OC)cc3CCN2CC1CC(C)C.[2H]c1c2c(c([2H])c(OC)c1OC([2H])([2H])[2H])C1CC(OC(=O)[C@@]([2H])(N)C([2H])(C([2H])([2H])[2H])C([2H])([2H])[2H])C(CC(C)C)CN1CC2.[2H]c1c2c(c([2H])c(OC)c1OC)C1CC(OC(=O)[C@@]([2H])(N)C([2H])(C([2H])([2H])[2H])C([2H])([2H])[2H])C(CC(C)C)CN1CC2. The van der Waals surface area contributed by atoms with E-state index in [0.717, 1.165) is 5.56 Å². The van der Waals surface area contributed by atoms with Gasteiger partial charge < -0.3 is 79.8 Å². The molecule has 16 atom stereocenters. The summed E-state index contributed by atoms with van der Waals surface area (Å²) in [6.45, 7) is -11.1. The predicted octanol–water partition coefficient (Wildman–Crippen LogP) is 14.3. The highest BCUT2D eigenvalue weighted by molar-refractivity contribution is 5.77. The van der Waals surface area contributed by atoms with Crippen molar-refractivity contribution in [2.45, 2.75) is 260 Å². The van der Waals surface area contributed by atoms with E-state index in [1.807, 2.05) is 65.2 Å². The van der Waals surface area contributed by atoms with Gasteiger partial charge in [-0.1, -0.05) is 110 Å². The van der Waals surface area contributed by atoms with Gasteiger partial charge in [0.15, 0.2) is 46.0 Å². The number of esters is 4. The highest BCUT2D eigenvalue weighted by Crippen LogP contribution is 2.50. The number of benzene rings is 4. The maximum Gasteiger partial charge on any atom is 0.323 e. The molecule has 8 heterocycles. The van der Waals surface area contributed by atoms with E-state index in [-0.39, 0.29) is 120 Å². The lowest BCUT2D eigenvalue weighted by atomic mass is 9.79. The van der Waals surface area contributed by atoms with Crippen LogP contribution in [-0.4, -0.2) is 201 Å². The van der Waals surface area contributed by atoms with Crippen molar-refractivity contribution in [3.63, 3.8) is 0 Å². The van der Waals surface area contributed by atoms with Crippen LogP contribution in [0.1, 0.15) is 293 Å². The first kappa shape index (κ1) is 50.7. The summed E-state index contributed by atoms with van der Waals surface area (Å²) in [4.78, 5) is 61.4. The fourth-order valence-electron chi connectivity index (χ4n) is 17.2. The van der Waals surface area contributed by atoms with Crippen LogP contribution in [0.3, 0.4) is 0 Å². The molecule has 0 aliphatic carbocycles. The number of fused-ring (bicyclic) bond motifs is 12. The summed E-state index contributed by atoms with van der Waals surface area (Å²) in [5.41, 5.74) is 27.1. The average Bonchev–Trinajstić information content (AvgIpc) is 0.704. The fraction of sp³-hybridized carbons (Fsp3) is 0.708. The quantitative estimate of drug-likeness (QED) is 0.0303. The highest BCUT2D eigenvalue weighted by Gasteiger charge is 2.47. The van der Waals surface area contributed by atoms with Crippen LogP contribution in [0.25, 0.3) is 0 Å². The lowest BCUT2D eigenvalue weighted by Gasteiger charge is -2.47. The van der Waals surface area contributed by atoms with Crippen molar-refractivity contribution in [1.29, 1.82) is 0 Å². The standard InChI is InChI=1S/4C24H38N2O4/c4*1-14(2)9-17-13-26-8-7-16-10-21(28-5)22(29-6)11-18(16)19(26)12-20(17)30-24(27)23(25)15(3)4/h4*10-11,14-15,17,19-20,23H,7-9,12-13,25H2,1-6H3/t4*17?,19?,20?,23-/m0000/s1/i3D3,4D3,5D3,15D,19D,20D,23D;3D3,4D3,5D3,10D,11D,15D,23D;3D3,4D3,15D,19D,20D,23D;3D3,4D3,10D,11D,15D,23D. The summed E-state index contributed by atoms with van der Waals surface area (Å²) >= 11 is 0. The number of rotatable bonds is 28. The molecule has 4 aromatic rings. The Morgan fingerprint density at radius 2 is 0.658 bits per heavy atom.